The van der Waals surface area contributed by atoms with Crippen LogP contribution in [0.25, 0.3) is 10.4 Å². The molecule has 0 saturated heterocycles. The molecule has 6 rings (SSSR count). The highest BCUT2D eigenvalue weighted by molar-refractivity contribution is 7.20. The Labute approximate surface area is 346 Å². The van der Waals surface area contributed by atoms with Crippen molar-refractivity contribution in [2.45, 2.75) is 6.54 Å². The number of carbonyl (C=O) groups is 1. The number of benzene rings is 5. The summed E-state index contributed by atoms with van der Waals surface area (Å²) in [6, 6.07) is 8.98. The molecule has 5 aromatic carbocycles. The molecule has 0 aliphatic heterocycles. The lowest BCUT2D eigenvalue weighted by Gasteiger charge is -2.44. The van der Waals surface area contributed by atoms with Crippen LogP contribution in [0.4, 0.5) is 87.8 Å². The second kappa shape index (κ2) is 18.8. The van der Waals surface area contributed by atoms with Crippen LogP contribution in [0.15, 0.2) is 54.0 Å². The van der Waals surface area contributed by atoms with Gasteiger partial charge in [-0.2, -0.15) is 4.57 Å². The normalized spacial score (nSPS) is 11.3. The number of carbonyl (C=O) groups excluding carboxylic acids is 1. The summed E-state index contributed by atoms with van der Waals surface area (Å²) in [5, 5.41) is 3.28. The van der Waals surface area contributed by atoms with Crippen LogP contribution >= 0.6 is 0 Å². The molecule has 1 heterocycles. The average Bonchev–Trinajstić information content (AvgIpc) is 3.30. The first-order valence-corrected chi connectivity index (χ1v) is 16.8. The first-order valence-electron chi connectivity index (χ1n) is 16.8. The van der Waals surface area contributed by atoms with Gasteiger partial charge in [0.25, 0.3) is 0 Å². The Hall–Kier alpha value is -7.38. The maximum atomic E-state index is 15.4. The minimum absolute atomic E-state index is 0.0459. The molecule has 1 aromatic heterocycles. The van der Waals surface area contributed by atoms with Crippen LogP contribution in [-0.2, 0) is 6.54 Å². The fraction of sp³-hybridized carbons (Fsp3) is 0.0541. The van der Waals surface area contributed by atoms with Crippen LogP contribution in [0.2, 0.25) is 0 Å². The number of rotatable bonds is 10. The second-order valence-electron chi connectivity index (χ2n) is 12.6. The van der Waals surface area contributed by atoms with E-state index in [4.69, 9.17) is 10.3 Å². The molecule has 0 fully saturated rings. The summed E-state index contributed by atoms with van der Waals surface area (Å²) in [4.78, 5) is 18.6. The van der Waals surface area contributed by atoms with E-state index in [2.05, 4.69) is 15.0 Å². The standard InChI is InChI=1S/C24BF20.C13H12N5O2/c26-5-1(6(27)14(35)21(42)13(5)34)25(2-7(28)15(36)22(43)16(37)8(2)29,3-9(30)17(38)23(44)18(39)10(3)31)4-11(32)19(40)24(45)20(41)12(4)33;14-17-16-10-20-13-8-15-6-7-18(13)9-12(19)11-4-2-1-3-5-11/h;1-8H,9-10H2/q-1;+1. The van der Waals surface area contributed by atoms with Gasteiger partial charge in [0.05, 0.1) is 6.20 Å². The van der Waals surface area contributed by atoms with Gasteiger partial charge in [0.1, 0.15) is 58.9 Å². The van der Waals surface area contributed by atoms with E-state index in [1.54, 1.807) is 29.1 Å². The number of nitrogens with zero attached hydrogens (tertiary/aromatic N) is 5. The molecule has 0 spiro atoms. The lowest BCUT2D eigenvalue weighted by atomic mass is 9.12. The number of ketones is 1. The van der Waals surface area contributed by atoms with Crippen molar-refractivity contribution in [3.05, 3.63) is 181 Å². The van der Waals surface area contributed by atoms with Crippen LogP contribution < -0.4 is 31.2 Å². The van der Waals surface area contributed by atoms with Gasteiger partial charge in [-0.1, -0.05) is 35.4 Å². The second-order valence-corrected chi connectivity index (χ2v) is 12.6. The highest BCUT2D eigenvalue weighted by Gasteiger charge is 2.52. The lowest BCUT2D eigenvalue weighted by Crippen LogP contribution is -2.81. The third kappa shape index (κ3) is 8.08. The zero-order valence-electron chi connectivity index (χ0n) is 30.7. The molecule has 28 heteroatoms. The summed E-state index contributed by atoms with van der Waals surface area (Å²) < 4.78 is 301. The van der Waals surface area contributed by atoms with E-state index >= 15 is 35.1 Å². The number of aromatic nitrogens is 2. The fourth-order valence-electron chi connectivity index (χ4n) is 6.49. The highest BCUT2D eigenvalue weighted by atomic mass is 19.2. The molecule has 0 aliphatic carbocycles. The van der Waals surface area contributed by atoms with Gasteiger partial charge in [0.15, 0.2) is 82.7 Å². The van der Waals surface area contributed by atoms with Gasteiger partial charge >= 0.3 is 5.88 Å². The van der Waals surface area contributed by atoms with E-state index in [1.165, 1.54) is 6.20 Å². The van der Waals surface area contributed by atoms with Gasteiger partial charge in [0.2, 0.25) is 12.3 Å². The fourth-order valence-corrected chi connectivity index (χ4v) is 6.49. The molecule has 6 aromatic rings. The zero-order chi connectivity index (χ0) is 48.6. The third-order valence-electron chi connectivity index (χ3n) is 9.25. The molecule has 0 bridgehead atoms. The van der Waals surface area contributed by atoms with Gasteiger partial charge < -0.3 is 4.74 Å². The molecule has 0 atom stereocenters. The van der Waals surface area contributed by atoms with E-state index in [1.807, 2.05) is 18.2 Å². The third-order valence-corrected chi connectivity index (χ3v) is 9.25. The van der Waals surface area contributed by atoms with Crippen molar-refractivity contribution >= 4 is 33.8 Å². The van der Waals surface area contributed by atoms with E-state index in [-0.39, 0.29) is 19.1 Å². The van der Waals surface area contributed by atoms with Crippen LogP contribution in [0.5, 0.6) is 5.88 Å². The number of halogens is 20. The van der Waals surface area contributed by atoms with Crippen molar-refractivity contribution in [1.82, 2.24) is 4.98 Å². The quantitative estimate of drug-likeness (QED) is 0.0162. The summed E-state index contributed by atoms with van der Waals surface area (Å²) in [5.41, 5.74) is -5.50. The maximum Gasteiger partial charge on any atom is 0.387 e. The first-order chi connectivity index (χ1) is 30.5. The molecule has 0 aliphatic rings. The maximum absolute atomic E-state index is 15.4. The topological polar surface area (TPSA) is 91.8 Å². The predicted octanol–water partition coefficient (Wildman–Crippen LogP) is 7.74. The number of Topliss-reactive ketones (excluding diaryl/α,β-unsaturated/α-hetero) is 1. The monoisotopic (exact) mass is 949 g/mol. The highest BCUT2D eigenvalue weighted by Crippen LogP contribution is 2.30. The van der Waals surface area contributed by atoms with Gasteiger partial charge in [-0.3, -0.25) is 4.79 Å². The van der Waals surface area contributed by atoms with Crippen molar-refractivity contribution < 1.29 is 102 Å². The van der Waals surface area contributed by atoms with Crippen molar-refractivity contribution in [1.29, 1.82) is 0 Å². The Morgan fingerprint density at radius 2 is 0.831 bits per heavy atom. The molecule has 340 valence electrons. The minimum atomic E-state index is -7.22. The Morgan fingerprint density at radius 3 is 1.14 bits per heavy atom. The van der Waals surface area contributed by atoms with Crippen molar-refractivity contribution in [3.63, 3.8) is 0 Å². The Bertz CT molecular complexity index is 2580. The summed E-state index contributed by atoms with van der Waals surface area (Å²) in [5.74, 6) is -71.1. The summed E-state index contributed by atoms with van der Waals surface area (Å²) in [7, 11) is 0. The molecule has 0 N–H and O–H groups in total. The van der Waals surface area contributed by atoms with Gasteiger partial charge in [-0.15, -0.1) is 21.9 Å². The zero-order valence-corrected chi connectivity index (χ0v) is 30.7. The molecule has 7 nitrogen and oxygen atoms in total. The van der Waals surface area contributed by atoms with Crippen LogP contribution in [0.1, 0.15) is 10.4 Å². The van der Waals surface area contributed by atoms with E-state index in [0.717, 1.165) is 0 Å². The predicted molar refractivity (Wildman–Crippen MR) is 179 cm³/mol. The largest absolute Gasteiger partial charge is 0.437 e. The SMILES string of the molecule is Fc1c(F)c(F)c([B-](c2c(F)c(F)c(F)c(F)c2F)(c2c(F)c(F)c(F)c(F)c2F)c2c(F)c(F)c(F)c(F)c2F)c(F)c1F.[N-]=[N+]=NCOc1cncc[n+]1CC(=O)c1ccccc1. The van der Waals surface area contributed by atoms with Crippen molar-refractivity contribution in [3.8, 4) is 5.88 Å². The Balaban J connectivity index is 0.000000330. The average molecular weight is 949 g/mol. The number of hydrogen-bond donors (Lipinski definition) is 0. The lowest BCUT2D eigenvalue weighted by molar-refractivity contribution is -0.689. The molecule has 0 amide bonds. The molecule has 0 saturated carbocycles. The van der Waals surface area contributed by atoms with Gasteiger partial charge in [-0.05, 0) is 5.53 Å². The van der Waals surface area contributed by atoms with E-state index in [9.17, 15) is 57.5 Å². The summed E-state index contributed by atoms with van der Waals surface area (Å²) in [6.07, 6.45) is -2.57. The number of ether oxygens (including phenoxy) is 1. The molecular weight excluding hydrogens is 937 g/mol. The Kier molecular flexibility index (Phi) is 14.0. The Morgan fingerprint density at radius 1 is 0.523 bits per heavy atom. The van der Waals surface area contributed by atoms with E-state index in [0.29, 0.717) is 11.4 Å². The van der Waals surface area contributed by atoms with Crippen LogP contribution in [-0.4, -0.2) is 23.6 Å². The van der Waals surface area contributed by atoms with Gasteiger partial charge in [-0.25, -0.2) is 92.8 Å². The smallest absolute Gasteiger partial charge is 0.387 e. The molecule has 0 unspecified atom stereocenters. The van der Waals surface area contributed by atoms with Crippen LogP contribution in [0.3, 0.4) is 0 Å². The number of azide groups is 1. The van der Waals surface area contributed by atoms with Gasteiger partial charge in [0, 0.05) is 10.5 Å². The summed E-state index contributed by atoms with van der Waals surface area (Å²) >= 11 is 0. The molecule has 0 radical (unpaired) electrons. The van der Waals surface area contributed by atoms with E-state index < -0.39 is 144 Å². The van der Waals surface area contributed by atoms with Crippen molar-refractivity contribution in [2.75, 3.05) is 6.73 Å². The minimum Gasteiger partial charge on any atom is -0.437 e. The molecule has 65 heavy (non-hydrogen) atoms. The molecular formula is C37H12BF20N5O2. The first kappa shape index (κ1) is 48.7. The van der Waals surface area contributed by atoms with Crippen LogP contribution in [0, 0.1) is 116 Å². The van der Waals surface area contributed by atoms with Crippen molar-refractivity contribution in [2.24, 2.45) is 5.11 Å². The number of hydrogen-bond acceptors (Lipinski definition) is 4. The summed E-state index contributed by atoms with van der Waals surface area (Å²) in [6.45, 7) is -0.0279.